The van der Waals surface area contributed by atoms with E-state index in [0.717, 1.165) is 36.1 Å². The Bertz CT molecular complexity index is 451. The number of anilines is 2. The maximum absolute atomic E-state index is 6.15. The molecule has 1 aromatic carbocycles. The summed E-state index contributed by atoms with van der Waals surface area (Å²) in [4.78, 5) is 2.42. The van der Waals surface area contributed by atoms with Crippen molar-refractivity contribution in [2.75, 3.05) is 30.8 Å². The van der Waals surface area contributed by atoms with Gasteiger partial charge in [-0.2, -0.15) is 0 Å². The molecule has 1 fully saturated rings. The predicted octanol–water partition coefficient (Wildman–Crippen LogP) is 3.93. The van der Waals surface area contributed by atoms with E-state index in [4.69, 9.17) is 10.5 Å². The molecule has 0 aliphatic carbocycles. The molecule has 1 aliphatic heterocycles. The first-order chi connectivity index (χ1) is 9.41. The molecule has 1 heterocycles. The summed E-state index contributed by atoms with van der Waals surface area (Å²) in [5, 5.41) is 0. The summed E-state index contributed by atoms with van der Waals surface area (Å²) in [7, 11) is 1.70. The highest BCUT2D eigenvalue weighted by Crippen LogP contribution is 2.36. The molecule has 3 nitrogen and oxygen atoms in total. The molecule has 0 radical (unpaired) electrons. The third-order valence-corrected chi connectivity index (χ3v) is 4.53. The Kier molecular flexibility index (Phi) is 4.46. The second-order valence-corrected chi connectivity index (χ2v) is 6.91. The van der Waals surface area contributed by atoms with Crippen LogP contribution < -0.4 is 15.4 Å². The van der Waals surface area contributed by atoms with Crippen LogP contribution in [0.4, 0.5) is 11.4 Å². The lowest BCUT2D eigenvalue weighted by Crippen LogP contribution is -2.26. The van der Waals surface area contributed by atoms with Gasteiger partial charge in [-0.1, -0.05) is 20.8 Å². The number of hydrogen-bond acceptors (Lipinski definition) is 3. The number of benzene rings is 1. The van der Waals surface area contributed by atoms with Crippen molar-refractivity contribution in [1.29, 1.82) is 0 Å². The minimum atomic E-state index is 0.399. The molecule has 1 saturated heterocycles. The van der Waals surface area contributed by atoms with Gasteiger partial charge in [0.25, 0.3) is 0 Å². The standard InChI is InChI=1S/C17H28N2O/c1-17(2,3)13-6-5-10-19(11-9-13)16-12-14(20-4)7-8-15(16)18/h7-8,12-13H,5-6,9-11,18H2,1-4H3. The fraction of sp³-hybridized carbons (Fsp3) is 0.647. The molecule has 2 N–H and O–H groups in total. The number of nitrogens with two attached hydrogens (primary N) is 1. The van der Waals surface area contributed by atoms with E-state index in [1.54, 1.807) is 7.11 Å². The van der Waals surface area contributed by atoms with E-state index in [1.807, 2.05) is 12.1 Å². The van der Waals surface area contributed by atoms with Gasteiger partial charge in [-0.3, -0.25) is 0 Å². The van der Waals surface area contributed by atoms with E-state index in [0.29, 0.717) is 5.41 Å². The topological polar surface area (TPSA) is 38.5 Å². The third-order valence-electron chi connectivity index (χ3n) is 4.53. The summed E-state index contributed by atoms with van der Waals surface area (Å²) in [5.41, 5.74) is 8.52. The lowest BCUT2D eigenvalue weighted by atomic mass is 9.77. The number of methoxy groups -OCH3 is 1. The van der Waals surface area contributed by atoms with Gasteiger partial charge in [-0.05, 0) is 42.7 Å². The molecule has 0 bridgehead atoms. The van der Waals surface area contributed by atoms with Crippen LogP contribution in [0.2, 0.25) is 0 Å². The van der Waals surface area contributed by atoms with Gasteiger partial charge in [0, 0.05) is 19.2 Å². The van der Waals surface area contributed by atoms with Crippen LogP contribution in [0.3, 0.4) is 0 Å². The second kappa shape index (κ2) is 5.94. The zero-order valence-corrected chi connectivity index (χ0v) is 13.3. The smallest absolute Gasteiger partial charge is 0.121 e. The van der Waals surface area contributed by atoms with Crippen LogP contribution in [0.5, 0.6) is 5.75 Å². The first-order valence-corrected chi connectivity index (χ1v) is 7.60. The summed E-state index contributed by atoms with van der Waals surface area (Å²) >= 11 is 0. The van der Waals surface area contributed by atoms with Crippen molar-refractivity contribution in [1.82, 2.24) is 0 Å². The molecule has 1 unspecified atom stereocenters. The van der Waals surface area contributed by atoms with Crippen molar-refractivity contribution in [3.8, 4) is 5.75 Å². The molecule has 0 aromatic heterocycles. The van der Waals surface area contributed by atoms with Crippen molar-refractivity contribution in [3.05, 3.63) is 18.2 Å². The Balaban J connectivity index is 2.14. The molecule has 0 spiro atoms. The molecule has 2 rings (SSSR count). The quantitative estimate of drug-likeness (QED) is 0.832. The van der Waals surface area contributed by atoms with Gasteiger partial charge in [-0.25, -0.2) is 0 Å². The first kappa shape index (κ1) is 15.0. The molecule has 1 aliphatic rings. The lowest BCUT2D eigenvalue weighted by molar-refractivity contribution is 0.220. The summed E-state index contributed by atoms with van der Waals surface area (Å²) in [6.07, 6.45) is 3.78. The van der Waals surface area contributed by atoms with Crippen molar-refractivity contribution >= 4 is 11.4 Å². The Hall–Kier alpha value is -1.38. The molecular formula is C17H28N2O. The predicted molar refractivity (Wildman–Crippen MR) is 86.4 cm³/mol. The average Bonchev–Trinajstić information content (AvgIpc) is 2.64. The highest BCUT2D eigenvalue weighted by Gasteiger charge is 2.27. The number of ether oxygens (including phenoxy) is 1. The van der Waals surface area contributed by atoms with Gasteiger partial charge in [0.1, 0.15) is 5.75 Å². The third kappa shape index (κ3) is 3.38. The SMILES string of the molecule is COc1ccc(N)c(N2CCCC(C(C)(C)C)CC2)c1. The first-order valence-electron chi connectivity index (χ1n) is 7.60. The van der Waals surface area contributed by atoms with Crippen molar-refractivity contribution < 1.29 is 4.74 Å². The molecule has 112 valence electrons. The number of hydrogen-bond donors (Lipinski definition) is 1. The molecule has 20 heavy (non-hydrogen) atoms. The highest BCUT2D eigenvalue weighted by atomic mass is 16.5. The average molecular weight is 276 g/mol. The Morgan fingerprint density at radius 3 is 2.60 bits per heavy atom. The van der Waals surface area contributed by atoms with E-state index in [9.17, 15) is 0 Å². The molecule has 1 aromatic rings. The largest absolute Gasteiger partial charge is 0.497 e. The fourth-order valence-corrected chi connectivity index (χ4v) is 3.13. The monoisotopic (exact) mass is 276 g/mol. The normalized spacial score (nSPS) is 20.6. The van der Waals surface area contributed by atoms with Crippen LogP contribution in [-0.2, 0) is 0 Å². The van der Waals surface area contributed by atoms with Gasteiger partial charge in [0.2, 0.25) is 0 Å². The van der Waals surface area contributed by atoms with Crippen LogP contribution in [0, 0.1) is 11.3 Å². The van der Waals surface area contributed by atoms with Crippen LogP contribution >= 0.6 is 0 Å². The van der Waals surface area contributed by atoms with Crippen molar-refractivity contribution in [3.63, 3.8) is 0 Å². The van der Waals surface area contributed by atoms with Crippen LogP contribution in [0.1, 0.15) is 40.0 Å². The van der Waals surface area contributed by atoms with E-state index in [1.165, 1.54) is 19.3 Å². The second-order valence-electron chi connectivity index (χ2n) is 6.91. The highest BCUT2D eigenvalue weighted by molar-refractivity contribution is 5.69. The summed E-state index contributed by atoms with van der Waals surface area (Å²) in [6, 6.07) is 5.93. The summed E-state index contributed by atoms with van der Waals surface area (Å²) in [5.74, 6) is 1.67. The van der Waals surface area contributed by atoms with E-state index in [2.05, 4.69) is 31.7 Å². The summed E-state index contributed by atoms with van der Waals surface area (Å²) in [6.45, 7) is 9.23. The zero-order valence-electron chi connectivity index (χ0n) is 13.3. The van der Waals surface area contributed by atoms with Gasteiger partial charge in [0.15, 0.2) is 0 Å². The Labute approximate surface area is 123 Å². The van der Waals surface area contributed by atoms with E-state index in [-0.39, 0.29) is 0 Å². The minimum absolute atomic E-state index is 0.399. The van der Waals surface area contributed by atoms with Gasteiger partial charge in [0.05, 0.1) is 18.5 Å². The van der Waals surface area contributed by atoms with Gasteiger partial charge < -0.3 is 15.4 Å². The van der Waals surface area contributed by atoms with Crippen LogP contribution in [0.25, 0.3) is 0 Å². The fourth-order valence-electron chi connectivity index (χ4n) is 3.13. The van der Waals surface area contributed by atoms with Crippen molar-refractivity contribution in [2.24, 2.45) is 11.3 Å². The van der Waals surface area contributed by atoms with Crippen LogP contribution in [-0.4, -0.2) is 20.2 Å². The molecule has 3 heteroatoms. The van der Waals surface area contributed by atoms with E-state index >= 15 is 0 Å². The lowest BCUT2D eigenvalue weighted by Gasteiger charge is -2.30. The Morgan fingerprint density at radius 1 is 1.20 bits per heavy atom. The minimum Gasteiger partial charge on any atom is -0.497 e. The number of rotatable bonds is 2. The molecule has 0 saturated carbocycles. The van der Waals surface area contributed by atoms with Gasteiger partial charge >= 0.3 is 0 Å². The zero-order chi connectivity index (χ0) is 14.8. The van der Waals surface area contributed by atoms with Crippen LogP contribution in [0.15, 0.2) is 18.2 Å². The maximum Gasteiger partial charge on any atom is 0.121 e. The van der Waals surface area contributed by atoms with E-state index < -0.39 is 0 Å². The molecular weight excluding hydrogens is 248 g/mol. The van der Waals surface area contributed by atoms with Gasteiger partial charge in [-0.15, -0.1) is 0 Å². The maximum atomic E-state index is 6.15. The number of nitrogen functional groups attached to an aromatic ring is 1. The molecule has 1 atom stereocenters. The summed E-state index contributed by atoms with van der Waals surface area (Å²) < 4.78 is 5.33. The Morgan fingerprint density at radius 2 is 1.95 bits per heavy atom. The number of nitrogens with zero attached hydrogens (tertiary/aromatic N) is 1. The van der Waals surface area contributed by atoms with Crippen molar-refractivity contribution in [2.45, 2.75) is 40.0 Å². The molecule has 0 amide bonds.